The summed E-state index contributed by atoms with van der Waals surface area (Å²) >= 11 is 0. The fourth-order valence-electron chi connectivity index (χ4n) is 1.26. The zero-order valence-electron chi connectivity index (χ0n) is 9.63. The first-order valence-corrected chi connectivity index (χ1v) is 5.11. The fraction of sp³-hybridized carbons (Fsp3) is 0.800. The van der Waals surface area contributed by atoms with Crippen LogP contribution in [0.3, 0.4) is 0 Å². The number of ether oxygens (including phenoxy) is 1. The standard InChI is InChI=1S/C10H20N2O3/c1-8(13)12-7-5-4-6-9(11-2)10(14)15-3/h9,11H,4-7H2,1-3H3,(H,12,13)/t9-/m0/s1. The van der Waals surface area contributed by atoms with E-state index in [9.17, 15) is 9.59 Å². The number of hydrogen-bond acceptors (Lipinski definition) is 4. The third-order valence-electron chi connectivity index (χ3n) is 2.13. The Balaban J connectivity index is 3.55. The van der Waals surface area contributed by atoms with E-state index in [1.165, 1.54) is 14.0 Å². The second-order valence-electron chi connectivity index (χ2n) is 3.34. The minimum Gasteiger partial charge on any atom is -0.468 e. The van der Waals surface area contributed by atoms with E-state index in [2.05, 4.69) is 15.4 Å². The molecule has 1 amide bonds. The van der Waals surface area contributed by atoms with Crippen molar-refractivity contribution < 1.29 is 14.3 Å². The molecule has 15 heavy (non-hydrogen) atoms. The highest BCUT2D eigenvalue weighted by molar-refractivity contribution is 5.75. The lowest BCUT2D eigenvalue weighted by Gasteiger charge is -2.13. The van der Waals surface area contributed by atoms with Crippen LogP contribution < -0.4 is 10.6 Å². The van der Waals surface area contributed by atoms with Gasteiger partial charge >= 0.3 is 5.97 Å². The summed E-state index contributed by atoms with van der Waals surface area (Å²) < 4.78 is 4.63. The Labute approximate surface area is 90.6 Å². The van der Waals surface area contributed by atoms with Crippen molar-refractivity contribution in [2.45, 2.75) is 32.2 Å². The summed E-state index contributed by atoms with van der Waals surface area (Å²) in [6, 6.07) is -0.243. The molecule has 0 saturated heterocycles. The molecule has 2 N–H and O–H groups in total. The van der Waals surface area contributed by atoms with Crippen LogP contribution in [0.5, 0.6) is 0 Å². The zero-order chi connectivity index (χ0) is 11.7. The Hall–Kier alpha value is -1.10. The van der Waals surface area contributed by atoms with Crippen molar-refractivity contribution in [3.63, 3.8) is 0 Å². The quantitative estimate of drug-likeness (QED) is 0.466. The van der Waals surface area contributed by atoms with Crippen LogP contribution in [-0.4, -0.2) is 38.6 Å². The molecule has 0 fully saturated rings. The van der Waals surface area contributed by atoms with Crippen LogP contribution >= 0.6 is 0 Å². The molecule has 0 rings (SSSR count). The maximum absolute atomic E-state index is 11.2. The van der Waals surface area contributed by atoms with Crippen molar-refractivity contribution >= 4 is 11.9 Å². The Morgan fingerprint density at radius 3 is 2.47 bits per heavy atom. The number of likely N-dealkylation sites (N-methyl/N-ethyl adjacent to an activating group) is 1. The first-order chi connectivity index (χ1) is 7.11. The van der Waals surface area contributed by atoms with Gasteiger partial charge in [-0.05, 0) is 26.3 Å². The van der Waals surface area contributed by atoms with Crippen molar-refractivity contribution in [2.75, 3.05) is 20.7 Å². The van der Waals surface area contributed by atoms with Crippen molar-refractivity contribution in [2.24, 2.45) is 0 Å². The van der Waals surface area contributed by atoms with Gasteiger partial charge < -0.3 is 15.4 Å². The first-order valence-electron chi connectivity index (χ1n) is 5.11. The van der Waals surface area contributed by atoms with Gasteiger partial charge in [-0.15, -0.1) is 0 Å². The van der Waals surface area contributed by atoms with Crippen LogP contribution in [-0.2, 0) is 14.3 Å². The van der Waals surface area contributed by atoms with Crippen LogP contribution in [0, 0.1) is 0 Å². The summed E-state index contributed by atoms with van der Waals surface area (Å²) in [6.07, 6.45) is 2.47. The van der Waals surface area contributed by atoms with Crippen molar-refractivity contribution in [3.05, 3.63) is 0 Å². The van der Waals surface area contributed by atoms with Crippen LogP contribution in [0.25, 0.3) is 0 Å². The summed E-state index contributed by atoms with van der Waals surface area (Å²) in [6.45, 7) is 2.15. The van der Waals surface area contributed by atoms with Crippen molar-refractivity contribution in [3.8, 4) is 0 Å². The molecule has 0 saturated carbocycles. The van der Waals surface area contributed by atoms with Gasteiger partial charge in [0.2, 0.25) is 5.91 Å². The van der Waals surface area contributed by atoms with Crippen molar-refractivity contribution in [1.82, 2.24) is 10.6 Å². The molecule has 1 atom stereocenters. The number of methoxy groups -OCH3 is 1. The van der Waals surface area contributed by atoms with Gasteiger partial charge in [-0.2, -0.15) is 0 Å². The van der Waals surface area contributed by atoms with Crippen molar-refractivity contribution in [1.29, 1.82) is 0 Å². The number of carbonyl (C=O) groups is 2. The van der Waals surface area contributed by atoms with E-state index >= 15 is 0 Å². The Kier molecular flexibility index (Phi) is 7.62. The average molecular weight is 216 g/mol. The molecule has 0 aliphatic rings. The monoisotopic (exact) mass is 216 g/mol. The van der Waals surface area contributed by atoms with E-state index < -0.39 is 0 Å². The summed E-state index contributed by atoms with van der Waals surface area (Å²) in [5.74, 6) is -0.259. The number of nitrogens with one attached hydrogen (secondary N) is 2. The second-order valence-corrected chi connectivity index (χ2v) is 3.34. The molecule has 0 aromatic rings. The summed E-state index contributed by atoms with van der Waals surface area (Å²) in [5.41, 5.74) is 0. The van der Waals surface area contributed by atoms with E-state index in [1.54, 1.807) is 7.05 Å². The highest BCUT2D eigenvalue weighted by atomic mass is 16.5. The Morgan fingerprint density at radius 1 is 1.33 bits per heavy atom. The molecule has 0 bridgehead atoms. The molecule has 0 unspecified atom stereocenters. The molecular weight excluding hydrogens is 196 g/mol. The predicted molar refractivity (Wildman–Crippen MR) is 57.4 cm³/mol. The minimum absolute atomic E-state index is 0.0202. The van der Waals surface area contributed by atoms with Gasteiger partial charge in [-0.25, -0.2) is 0 Å². The van der Waals surface area contributed by atoms with Gasteiger partial charge in [0.25, 0.3) is 0 Å². The van der Waals surface area contributed by atoms with E-state index in [-0.39, 0.29) is 17.9 Å². The lowest BCUT2D eigenvalue weighted by Crippen LogP contribution is -2.35. The van der Waals surface area contributed by atoms with E-state index in [4.69, 9.17) is 0 Å². The summed E-state index contributed by atoms with van der Waals surface area (Å²) in [5, 5.41) is 5.60. The third kappa shape index (κ3) is 6.90. The molecule has 0 aromatic heterocycles. The Bertz CT molecular complexity index is 207. The van der Waals surface area contributed by atoms with Gasteiger partial charge in [0, 0.05) is 13.5 Å². The molecule has 0 radical (unpaired) electrons. The number of rotatable bonds is 7. The largest absolute Gasteiger partial charge is 0.468 e. The molecular formula is C10H20N2O3. The predicted octanol–water partition coefficient (Wildman–Crippen LogP) is 0.0538. The Morgan fingerprint density at radius 2 is 2.00 bits per heavy atom. The molecule has 0 aliphatic heterocycles. The normalized spacial score (nSPS) is 11.9. The fourth-order valence-corrected chi connectivity index (χ4v) is 1.26. The van der Waals surface area contributed by atoms with Crippen LogP contribution in [0.2, 0.25) is 0 Å². The molecule has 5 nitrogen and oxygen atoms in total. The summed E-state index contributed by atoms with van der Waals surface area (Å²) in [4.78, 5) is 21.7. The smallest absolute Gasteiger partial charge is 0.322 e. The van der Waals surface area contributed by atoms with E-state index in [0.717, 1.165) is 19.3 Å². The molecule has 0 aliphatic carbocycles. The zero-order valence-corrected chi connectivity index (χ0v) is 9.63. The van der Waals surface area contributed by atoms with E-state index in [1.807, 2.05) is 0 Å². The van der Waals surface area contributed by atoms with Gasteiger partial charge in [0.15, 0.2) is 0 Å². The molecule has 0 aromatic carbocycles. The highest BCUT2D eigenvalue weighted by Gasteiger charge is 2.15. The van der Waals surface area contributed by atoms with E-state index in [0.29, 0.717) is 6.54 Å². The summed E-state index contributed by atoms with van der Waals surface area (Å²) in [7, 11) is 3.11. The van der Waals surface area contributed by atoms with Gasteiger partial charge in [-0.3, -0.25) is 9.59 Å². The minimum atomic E-state index is -0.243. The van der Waals surface area contributed by atoms with Gasteiger partial charge in [0.1, 0.15) is 6.04 Å². The molecule has 88 valence electrons. The number of amides is 1. The van der Waals surface area contributed by atoms with Gasteiger partial charge in [0.05, 0.1) is 7.11 Å². The average Bonchev–Trinajstić information content (AvgIpc) is 2.22. The third-order valence-corrected chi connectivity index (χ3v) is 2.13. The topological polar surface area (TPSA) is 67.4 Å². The number of carbonyl (C=O) groups excluding carboxylic acids is 2. The van der Waals surface area contributed by atoms with Crippen LogP contribution in [0.4, 0.5) is 0 Å². The first kappa shape index (κ1) is 13.9. The SMILES string of the molecule is CN[C@@H](CCCCNC(C)=O)C(=O)OC. The molecule has 0 spiro atoms. The second kappa shape index (κ2) is 8.23. The lowest BCUT2D eigenvalue weighted by atomic mass is 10.1. The molecule has 0 heterocycles. The molecule has 5 heteroatoms. The lowest BCUT2D eigenvalue weighted by molar-refractivity contribution is -0.143. The van der Waals surface area contributed by atoms with Crippen LogP contribution in [0.15, 0.2) is 0 Å². The maximum atomic E-state index is 11.2. The number of unbranched alkanes of at least 4 members (excludes halogenated alkanes) is 1. The highest BCUT2D eigenvalue weighted by Crippen LogP contribution is 2.01. The maximum Gasteiger partial charge on any atom is 0.322 e. The van der Waals surface area contributed by atoms with Crippen LogP contribution in [0.1, 0.15) is 26.2 Å². The number of esters is 1. The number of hydrogen-bond donors (Lipinski definition) is 2. The van der Waals surface area contributed by atoms with Gasteiger partial charge in [-0.1, -0.05) is 0 Å².